The van der Waals surface area contributed by atoms with Crippen molar-refractivity contribution in [3.63, 3.8) is 0 Å². The third-order valence-electron chi connectivity index (χ3n) is 5.85. The van der Waals surface area contributed by atoms with Crippen LogP contribution in [0.4, 0.5) is 10.1 Å². The number of anilines is 1. The molecule has 0 aliphatic heterocycles. The minimum absolute atomic E-state index is 0.00581. The number of rotatable bonds is 8. The number of halogens is 1. The number of hydrogen-bond donors (Lipinski definition) is 2. The topological polar surface area (TPSA) is 115 Å². The van der Waals surface area contributed by atoms with E-state index in [-0.39, 0.29) is 24.7 Å². The lowest BCUT2D eigenvalue weighted by molar-refractivity contribution is -0.116. The Morgan fingerprint density at radius 3 is 2.47 bits per heavy atom. The van der Waals surface area contributed by atoms with Crippen LogP contribution in [0.3, 0.4) is 0 Å². The average Bonchev–Trinajstić information content (AvgIpc) is 3.62. The third kappa shape index (κ3) is 5.18. The fourth-order valence-electron chi connectivity index (χ4n) is 3.95. The standard InChI is InChI=1S/C27H21FN4O5S/c28-20-5-1-2-6-21(20)30-23(33)16-31-22-11-13-38-24(22)26(35)32(27(31)36)15-17-7-9-18(10-8-17)25(34)29-14-19-4-3-12-37-19/h1-13H,14-16H2,(H,29,34)(H,30,33). The van der Waals surface area contributed by atoms with Crippen LogP contribution in [0.1, 0.15) is 21.7 Å². The monoisotopic (exact) mass is 532 g/mol. The highest BCUT2D eigenvalue weighted by Crippen LogP contribution is 2.17. The van der Waals surface area contributed by atoms with Gasteiger partial charge in [-0.15, -0.1) is 11.3 Å². The van der Waals surface area contributed by atoms with E-state index in [9.17, 15) is 23.6 Å². The highest BCUT2D eigenvalue weighted by molar-refractivity contribution is 7.17. The van der Waals surface area contributed by atoms with E-state index in [4.69, 9.17) is 4.42 Å². The van der Waals surface area contributed by atoms with Crippen LogP contribution in [0.15, 0.2) is 92.4 Å². The van der Waals surface area contributed by atoms with Crippen LogP contribution in [-0.2, 0) is 24.4 Å². The lowest BCUT2D eigenvalue weighted by Gasteiger charge is -2.13. The van der Waals surface area contributed by atoms with Crippen molar-refractivity contribution in [1.82, 2.24) is 14.5 Å². The highest BCUT2D eigenvalue weighted by atomic mass is 32.1. The van der Waals surface area contributed by atoms with E-state index in [1.54, 1.807) is 53.9 Å². The van der Waals surface area contributed by atoms with Gasteiger partial charge in [-0.3, -0.25) is 23.5 Å². The fourth-order valence-corrected chi connectivity index (χ4v) is 4.79. The number of amides is 2. The van der Waals surface area contributed by atoms with E-state index in [0.29, 0.717) is 27.1 Å². The second kappa shape index (κ2) is 10.7. The van der Waals surface area contributed by atoms with Gasteiger partial charge in [0.05, 0.1) is 30.6 Å². The Labute approximate surface area is 218 Å². The van der Waals surface area contributed by atoms with Crippen molar-refractivity contribution in [3.8, 4) is 0 Å². The molecule has 3 aromatic heterocycles. The number of furan rings is 1. The van der Waals surface area contributed by atoms with Crippen LogP contribution in [0.5, 0.6) is 0 Å². The summed E-state index contributed by atoms with van der Waals surface area (Å²) in [5.74, 6) is -0.887. The number of carbonyl (C=O) groups is 2. The summed E-state index contributed by atoms with van der Waals surface area (Å²) in [5.41, 5.74) is 0.187. The van der Waals surface area contributed by atoms with Crippen molar-refractivity contribution in [2.75, 3.05) is 5.32 Å². The van der Waals surface area contributed by atoms with Crippen molar-refractivity contribution in [2.45, 2.75) is 19.6 Å². The van der Waals surface area contributed by atoms with E-state index >= 15 is 0 Å². The molecule has 38 heavy (non-hydrogen) atoms. The van der Waals surface area contributed by atoms with Crippen LogP contribution < -0.4 is 21.9 Å². The highest BCUT2D eigenvalue weighted by Gasteiger charge is 2.18. The molecule has 2 aromatic carbocycles. The molecular formula is C27H21FN4O5S. The van der Waals surface area contributed by atoms with Crippen LogP contribution >= 0.6 is 11.3 Å². The molecule has 3 heterocycles. The zero-order valence-electron chi connectivity index (χ0n) is 19.8. The molecule has 0 unspecified atom stereocenters. The van der Waals surface area contributed by atoms with Gasteiger partial charge in [0.25, 0.3) is 11.5 Å². The predicted molar refractivity (Wildman–Crippen MR) is 141 cm³/mol. The Balaban J connectivity index is 1.37. The van der Waals surface area contributed by atoms with E-state index in [1.807, 2.05) is 0 Å². The first-order valence-electron chi connectivity index (χ1n) is 11.6. The summed E-state index contributed by atoms with van der Waals surface area (Å²) in [7, 11) is 0. The minimum Gasteiger partial charge on any atom is -0.467 e. The van der Waals surface area contributed by atoms with Gasteiger partial charge < -0.3 is 15.1 Å². The van der Waals surface area contributed by atoms with Crippen molar-refractivity contribution >= 4 is 39.1 Å². The van der Waals surface area contributed by atoms with Gasteiger partial charge in [-0.1, -0.05) is 24.3 Å². The maximum atomic E-state index is 14.0. The molecule has 0 spiro atoms. The molecular weight excluding hydrogens is 511 g/mol. The van der Waals surface area contributed by atoms with Gasteiger partial charge in [-0.2, -0.15) is 0 Å². The summed E-state index contributed by atoms with van der Waals surface area (Å²) in [4.78, 5) is 51.5. The zero-order valence-corrected chi connectivity index (χ0v) is 20.7. The average molecular weight is 533 g/mol. The lowest BCUT2D eigenvalue weighted by Crippen LogP contribution is -2.41. The van der Waals surface area contributed by atoms with Crippen LogP contribution in [-0.4, -0.2) is 20.9 Å². The second-order valence-corrected chi connectivity index (χ2v) is 9.30. The van der Waals surface area contributed by atoms with Crippen molar-refractivity contribution in [2.24, 2.45) is 0 Å². The van der Waals surface area contributed by atoms with Crippen LogP contribution in [0.25, 0.3) is 10.2 Å². The lowest BCUT2D eigenvalue weighted by atomic mass is 10.1. The molecule has 5 rings (SSSR count). The van der Waals surface area contributed by atoms with Crippen molar-refractivity contribution in [1.29, 1.82) is 0 Å². The summed E-state index contributed by atoms with van der Waals surface area (Å²) in [6.07, 6.45) is 1.52. The predicted octanol–water partition coefficient (Wildman–Crippen LogP) is 3.57. The van der Waals surface area contributed by atoms with Crippen molar-refractivity contribution in [3.05, 3.63) is 122 Å². The Morgan fingerprint density at radius 2 is 1.74 bits per heavy atom. The quantitative estimate of drug-likeness (QED) is 0.317. The molecule has 9 nitrogen and oxygen atoms in total. The number of para-hydroxylation sites is 1. The minimum atomic E-state index is -0.676. The largest absolute Gasteiger partial charge is 0.467 e. The molecule has 0 aliphatic rings. The first-order chi connectivity index (χ1) is 18.4. The summed E-state index contributed by atoms with van der Waals surface area (Å²) in [5, 5.41) is 6.88. The van der Waals surface area contributed by atoms with E-state index < -0.39 is 29.5 Å². The van der Waals surface area contributed by atoms with Crippen LogP contribution in [0.2, 0.25) is 0 Å². The molecule has 0 saturated carbocycles. The number of thiophene rings is 1. The Kier molecular flexibility index (Phi) is 7.00. The summed E-state index contributed by atoms with van der Waals surface area (Å²) in [6.45, 7) is -0.224. The molecule has 0 radical (unpaired) electrons. The first kappa shape index (κ1) is 24.9. The maximum absolute atomic E-state index is 14.0. The molecule has 192 valence electrons. The zero-order chi connectivity index (χ0) is 26.6. The second-order valence-electron chi connectivity index (χ2n) is 8.38. The SMILES string of the molecule is O=C(Cn1c(=O)n(Cc2ccc(C(=O)NCc3ccco3)cc2)c(=O)c2sccc21)Nc1ccccc1F. The number of fused-ring (bicyclic) bond motifs is 1. The Bertz CT molecular complexity index is 1740. The number of nitrogens with one attached hydrogen (secondary N) is 2. The summed E-state index contributed by atoms with van der Waals surface area (Å²) >= 11 is 1.16. The van der Waals surface area contributed by atoms with Crippen LogP contribution in [0, 0.1) is 5.82 Å². The van der Waals surface area contributed by atoms with Gasteiger partial charge in [0.15, 0.2) is 0 Å². The van der Waals surface area contributed by atoms with Gasteiger partial charge in [0.1, 0.15) is 22.8 Å². The third-order valence-corrected chi connectivity index (χ3v) is 6.74. The number of aromatic nitrogens is 2. The van der Waals surface area contributed by atoms with Gasteiger partial charge >= 0.3 is 5.69 Å². The number of hydrogen-bond acceptors (Lipinski definition) is 6. The molecule has 0 atom stereocenters. The van der Waals surface area contributed by atoms with E-state index in [0.717, 1.165) is 15.9 Å². The number of benzene rings is 2. The Hall–Kier alpha value is -4.77. The van der Waals surface area contributed by atoms with Gasteiger partial charge in [0.2, 0.25) is 5.91 Å². The molecule has 5 aromatic rings. The van der Waals surface area contributed by atoms with Gasteiger partial charge in [0, 0.05) is 5.56 Å². The maximum Gasteiger partial charge on any atom is 0.332 e. The molecule has 0 fully saturated rings. The molecule has 11 heteroatoms. The molecule has 0 saturated heterocycles. The summed E-state index contributed by atoms with van der Waals surface area (Å²) in [6, 6.07) is 17.3. The van der Waals surface area contributed by atoms with Gasteiger partial charge in [-0.05, 0) is 53.4 Å². The van der Waals surface area contributed by atoms with E-state index in [2.05, 4.69) is 10.6 Å². The van der Waals surface area contributed by atoms with Gasteiger partial charge in [-0.25, -0.2) is 9.18 Å². The molecule has 0 aliphatic carbocycles. The van der Waals surface area contributed by atoms with E-state index in [1.165, 1.54) is 29.0 Å². The fraction of sp³-hybridized carbons (Fsp3) is 0.111. The number of nitrogens with zero attached hydrogens (tertiary/aromatic N) is 2. The smallest absolute Gasteiger partial charge is 0.332 e. The molecule has 2 N–H and O–H groups in total. The van der Waals surface area contributed by atoms with Crippen molar-refractivity contribution < 1.29 is 18.4 Å². The molecule has 2 amide bonds. The Morgan fingerprint density at radius 1 is 0.947 bits per heavy atom. The number of carbonyl (C=O) groups excluding carboxylic acids is 2. The summed E-state index contributed by atoms with van der Waals surface area (Å²) < 4.78 is 21.7. The first-order valence-corrected chi connectivity index (χ1v) is 12.4. The normalized spacial score (nSPS) is 11.0. The molecule has 0 bridgehead atoms.